The van der Waals surface area contributed by atoms with E-state index in [-0.39, 0.29) is 0 Å². The van der Waals surface area contributed by atoms with E-state index in [1.165, 1.54) is 0 Å². The van der Waals surface area contributed by atoms with Gasteiger partial charge in [0, 0.05) is 12.4 Å². The summed E-state index contributed by atoms with van der Waals surface area (Å²) in [5.74, 6) is 0. The molecule has 0 aromatic carbocycles. The van der Waals surface area contributed by atoms with E-state index in [1.807, 2.05) is 41.6 Å². The average molecular weight is 439 g/mol. The summed E-state index contributed by atoms with van der Waals surface area (Å²) in [5.41, 5.74) is 1.83. The minimum absolute atomic E-state index is 0.915. The Hall–Kier alpha value is -0.231. The van der Waals surface area contributed by atoms with Crippen LogP contribution in [0.4, 0.5) is 0 Å². The van der Waals surface area contributed by atoms with Crippen LogP contribution in [0, 0.1) is 0 Å². The van der Waals surface area contributed by atoms with Crippen LogP contribution in [-0.2, 0) is 0 Å². The van der Waals surface area contributed by atoms with E-state index in [0.29, 0.717) is 0 Å². The Morgan fingerprint density at radius 2 is 1.42 bits per heavy atom. The zero-order chi connectivity index (χ0) is 14.1. The maximum atomic E-state index is 5.28. The number of hydrogen-bond donors (Lipinski definition) is 0. The molecule has 19 heavy (non-hydrogen) atoms. The van der Waals surface area contributed by atoms with Crippen molar-refractivity contribution < 1.29 is 0 Å². The van der Waals surface area contributed by atoms with Crippen molar-refractivity contribution in [1.29, 1.82) is 0 Å². The molecule has 2 aromatic heterocycles. The summed E-state index contributed by atoms with van der Waals surface area (Å²) in [6, 6.07) is 11.6. The molecule has 0 aliphatic rings. The van der Waals surface area contributed by atoms with Crippen LogP contribution >= 0.6 is 39.0 Å². The zero-order valence-corrected chi connectivity index (χ0v) is 15.4. The monoisotopic (exact) mass is 439 g/mol. The van der Waals surface area contributed by atoms with Crippen molar-refractivity contribution in [3.63, 3.8) is 0 Å². The predicted molar refractivity (Wildman–Crippen MR) is 85.8 cm³/mol. The Morgan fingerprint density at radius 3 is 1.63 bits per heavy atom. The van der Waals surface area contributed by atoms with Crippen LogP contribution in [-0.4, -0.2) is 30.4 Å². The van der Waals surface area contributed by atoms with Gasteiger partial charge in [0.1, 0.15) is 0 Å². The Bertz CT molecular complexity index is 505. The van der Waals surface area contributed by atoms with Crippen molar-refractivity contribution in [3.8, 4) is 11.4 Å². The van der Waals surface area contributed by atoms with Gasteiger partial charge in [0.05, 0.1) is 11.4 Å². The van der Waals surface area contributed by atoms with Crippen LogP contribution < -0.4 is 0 Å². The van der Waals surface area contributed by atoms with Crippen LogP contribution in [0.3, 0.4) is 0 Å². The fraction of sp³-hybridized carbons (Fsp3) is 0. The normalized spacial score (nSPS) is 9.84. The van der Waals surface area contributed by atoms with Gasteiger partial charge in [-0.25, -0.2) is 0 Å². The molecule has 0 amide bonds. The van der Waals surface area contributed by atoms with Gasteiger partial charge in [-0.15, -0.1) is 0 Å². The van der Waals surface area contributed by atoms with Gasteiger partial charge < -0.3 is 0 Å². The van der Waals surface area contributed by atoms with Gasteiger partial charge in [0.2, 0.25) is 0 Å². The number of aromatic nitrogens is 2. The summed E-state index contributed by atoms with van der Waals surface area (Å²) < 4.78 is 3.33. The smallest absolute Gasteiger partial charge is 0.0886 e. The molecule has 2 heterocycles. The molecule has 0 aliphatic heterocycles. The van der Waals surface area contributed by atoms with Crippen LogP contribution in [0.2, 0.25) is 0 Å². The molecule has 0 radical (unpaired) electrons. The Morgan fingerprint density at radius 1 is 0.947 bits per heavy atom. The molecule has 0 saturated heterocycles. The van der Waals surface area contributed by atoms with Gasteiger partial charge in [-0.1, -0.05) is 12.1 Å². The molecule has 0 spiro atoms. The van der Waals surface area contributed by atoms with Gasteiger partial charge in [0.25, 0.3) is 0 Å². The van der Waals surface area contributed by atoms with Gasteiger partial charge in [-0.2, -0.15) is 0 Å². The largest absolute Gasteiger partial charge is 0.255 e. The molecule has 0 atom stereocenters. The summed E-state index contributed by atoms with van der Waals surface area (Å²) in [7, 11) is 15.8. The van der Waals surface area contributed by atoms with Gasteiger partial charge in [-0.3, -0.25) is 9.97 Å². The van der Waals surface area contributed by atoms with E-state index in [0.717, 1.165) is 11.4 Å². The first-order valence-corrected chi connectivity index (χ1v) is 17.5. The number of pyridine rings is 2. The van der Waals surface area contributed by atoms with Crippen LogP contribution in [0.25, 0.3) is 11.4 Å². The number of rotatable bonds is 2. The summed E-state index contributed by atoms with van der Waals surface area (Å²) in [5, 5.41) is 2.01. The molecule has 2 aromatic rings. The minimum Gasteiger partial charge on any atom is -0.255 e. The first-order valence-electron chi connectivity index (χ1n) is 5.01. The van der Waals surface area contributed by atoms with Crippen molar-refractivity contribution in [2.75, 3.05) is 0 Å². The predicted octanol–water partition coefficient (Wildman–Crippen LogP) is 4.38. The fourth-order valence-corrected chi connectivity index (χ4v) is 4.15. The van der Waals surface area contributed by atoms with Gasteiger partial charge >= 0.3 is 62.6 Å². The maximum Gasteiger partial charge on any atom is 0.0886 e. The molecule has 2 rings (SSSR count). The van der Waals surface area contributed by atoms with E-state index in [4.69, 9.17) is 26.8 Å². The first-order chi connectivity index (χ1) is 9.03. The summed E-state index contributed by atoms with van der Waals surface area (Å²) in [6.45, 7) is 0. The van der Waals surface area contributed by atoms with Crippen LogP contribution in [0.5, 0.6) is 0 Å². The number of thiocarbonyl (C=S) groups is 1. The Kier molecular flexibility index (Phi) is 7.83. The maximum absolute atomic E-state index is 5.28. The summed E-state index contributed by atoms with van der Waals surface area (Å²) >= 11 is 0.734. The van der Waals surface area contributed by atoms with E-state index < -0.39 is 15.3 Å². The Labute approximate surface area is 132 Å². The summed E-state index contributed by atoms with van der Waals surface area (Å²) in [6.07, 6.45) is 3.54. The number of nitrogens with zero attached hydrogens (tertiary/aromatic N) is 3. The van der Waals surface area contributed by atoms with Crippen molar-refractivity contribution in [2.24, 2.45) is 3.21 Å². The number of halogens is 3. The van der Waals surface area contributed by atoms with E-state index in [9.17, 15) is 0 Å². The molecular formula is C11H8Cl3N3SSn. The number of isothiocyanates is 1. The second kappa shape index (κ2) is 8.84. The van der Waals surface area contributed by atoms with Crippen LogP contribution in [0.15, 0.2) is 52.0 Å². The van der Waals surface area contributed by atoms with Crippen molar-refractivity contribution in [2.45, 2.75) is 0 Å². The molecule has 0 N–H and O–H groups in total. The van der Waals surface area contributed by atoms with Gasteiger partial charge in [0.15, 0.2) is 0 Å². The minimum atomic E-state index is -3.45. The first kappa shape index (κ1) is 16.8. The molecule has 0 unspecified atom stereocenters. The second-order valence-electron chi connectivity index (χ2n) is 3.10. The van der Waals surface area contributed by atoms with E-state index in [2.05, 4.69) is 25.4 Å². The van der Waals surface area contributed by atoms with Gasteiger partial charge in [-0.05, 0) is 24.3 Å². The Balaban J connectivity index is 0.000000224. The van der Waals surface area contributed by atoms with E-state index >= 15 is 0 Å². The van der Waals surface area contributed by atoms with Crippen molar-refractivity contribution >= 4 is 59.4 Å². The molecular weight excluding hydrogens is 431 g/mol. The topological polar surface area (TPSA) is 38.1 Å². The standard InChI is InChI=1S/C10H8N2.CNS.3ClH.Sn/c1-3-7-11-9(5-1)10-6-2-4-8-12-10;2-1-3;;;;/h1-8H;;3*1H;/q;-1;;;;+4/p-3. The van der Waals surface area contributed by atoms with Crippen molar-refractivity contribution in [3.05, 3.63) is 48.8 Å². The third-order valence-corrected chi connectivity index (χ3v) is 5.06. The number of hydrogen-bond acceptors (Lipinski definition) is 4. The SMILES string of the molecule is S=C=[N][Sn]([Cl])([Cl])[Cl].c1ccc(-c2ccccn2)nc1. The molecule has 3 nitrogen and oxygen atoms in total. The molecule has 0 bridgehead atoms. The van der Waals surface area contributed by atoms with E-state index in [1.54, 1.807) is 12.4 Å². The van der Waals surface area contributed by atoms with Crippen molar-refractivity contribution in [1.82, 2.24) is 9.97 Å². The third-order valence-electron chi connectivity index (χ3n) is 1.76. The molecule has 0 saturated carbocycles. The molecule has 8 heteroatoms. The zero-order valence-electron chi connectivity index (χ0n) is 9.50. The fourth-order valence-electron chi connectivity index (χ4n) is 1.08. The molecule has 0 fully saturated rings. The summed E-state index contributed by atoms with van der Waals surface area (Å²) in [4.78, 5) is 8.37. The molecule has 98 valence electrons. The van der Waals surface area contributed by atoms with Crippen LogP contribution in [0.1, 0.15) is 0 Å². The average Bonchev–Trinajstić information content (AvgIpc) is 2.40. The molecule has 0 aliphatic carbocycles. The second-order valence-corrected chi connectivity index (χ2v) is 21.5. The third kappa shape index (κ3) is 7.82. The quantitative estimate of drug-likeness (QED) is 0.396.